The van der Waals surface area contributed by atoms with Crippen LogP contribution in [-0.4, -0.2) is 29.4 Å². The maximum atomic E-state index is 12.7. The number of rotatable bonds is 5. The zero-order chi connectivity index (χ0) is 17.8. The summed E-state index contributed by atoms with van der Waals surface area (Å²) in [7, 11) is 0. The third-order valence-electron chi connectivity index (χ3n) is 5.44. The van der Waals surface area contributed by atoms with Crippen LogP contribution in [0.2, 0.25) is 0 Å². The van der Waals surface area contributed by atoms with Gasteiger partial charge < -0.3 is 19.5 Å². The maximum Gasteiger partial charge on any atom is 0.223 e. The number of likely N-dealkylation sites (tertiary alicyclic amines) is 1. The molecule has 1 aromatic carbocycles. The number of carbonyl (C=O) groups is 2. The van der Waals surface area contributed by atoms with E-state index in [0.717, 1.165) is 37.0 Å². The molecule has 0 N–H and O–H groups in total. The van der Waals surface area contributed by atoms with E-state index in [2.05, 4.69) is 0 Å². The Hall–Kier alpha value is -2.04. The van der Waals surface area contributed by atoms with Crippen LogP contribution in [0.1, 0.15) is 63.5 Å². The predicted molar refractivity (Wildman–Crippen MR) is 91.8 cm³/mol. The SMILES string of the molecule is CCOc1ccc([C@@H]2[C@@H](C(=O)[O-])CCC(=O)N2C2CCCCC2)cc1. The third-order valence-corrected chi connectivity index (χ3v) is 5.44. The van der Waals surface area contributed by atoms with E-state index in [1.165, 1.54) is 6.42 Å². The summed E-state index contributed by atoms with van der Waals surface area (Å²) in [4.78, 5) is 26.3. The molecule has 0 radical (unpaired) electrons. The molecule has 0 unspecified atom stereocenters. The Morgan fingerprint density at radius 3 is 2.44 bits per heavy atom. The van der Waals surface area contributed by atoms with Crippen molar-refractivity contribution < 1.29 is 19.4 Å². The molecule has 1 saturated heterocycles. The van der Waals surface area contributed by atoms with Gasteiger partial charge in [0, 0.05) is 24.3 Å². The van der Waals surface area contributed by atoms with Crippen molar-refractivity contribution in [2.75, 3.05) is 6.61 Å². The van der Waals surface area contributed by atoms with Crippen molar-refractivity contribution in [3.63, 3.8) is 0 Å². The lowest BCUT2D eigenvalue weighted by molar-refractivity contribution is -0.314. The summed E-state index contributed by atoms with van der Waals surface area (Å²) < 4.78 is 5.48. The Kier molecular flexibility index (Phi) is 5.61. The fourth-order valence-electron chi connectivity index (χ4n) is 4.27. The molecule has 1 heterocycles. The topological polar surface area (TPSA) is 69.7 Å². The van der Waals surface area contributed by atoms with Crippen molar-refractivity contribution >= 4 is 11.9 Å². The molecule has 2 fully saturated rings. The number of aliphatic carboxylic acids is 1. The molecule has 2 aliphatic rings. The van der Waals surface area contributed by atoms with Crippen LogP contribution in [0.3, 0.4) is 0 Å². The van der Waals surface area contributed by atoms with Crippen molar-refractivity contribution in [1.82, 2.24) is 4.90 Å². The smallest absolute Gasteiger partial charge is 0.223 e. The van der Waals surface area contributed by atoms with Crippen LogP contribution in [0.15, 0.2) is 24.3 Å². The molecule has 5 heteroatoms. The molecule has 136 valence electrons. The number of hydrogen-bond acceptors (Lipinski definition) is 4. The van der Waals surface area contributed by atoms with Crippen molar-refractivity contribution in [2.24, 2.45) is 5.92 Å². The lowest BCUT2D eigenvalue weighted by Gasteiger charge is -2.47. The Morgan fingerprint density at radius 1 is 1.16 bits per heavy atom. The zero-order valence-corrected chi connectivity index (χ0v) is 14.8. The van der Waals surface area contributed by atoms with Gasteiger partial charge in [-0.2, -0.15) is 0 Å². The highest BCUT2D eigenvalue weighted by Crippen LogP contribution is 2.41. The molecule has 0 spiro atoms. The Balaban J connectivity index is 1.94. The second kappa shape index (κ2) is 7.89. The number of carbonyl (C=O) groups excluding carboxylic acids is 2. The van der Waals surface area contributed by atoms with Crippen LogP contribution in [0.25, 0.3) is 0 Å². The molecule has 0 aromatic heterocycles. The maximum absolute atomic E-state index is 12.7. The lowest BCUT2D eigenvalue weighted by Crippen LogP contribution is -2.53. The molecule has 1 aromatic rings. The van der Waals surface area contributed by atoms with Gasteiger partial charge in [-0.3, -0.25) is 4.79 Å². The number of benzene rings is 1. The first-order valence-corrected chi connectivity index (χ1v) is 9.36. The minimum atomic E-state index is -1.06. The van der Waals surface area contributed by atoms with Crippen LogP contribution in [-0.2, 0) is 9.59 Å². The first kappa shape index (κ1) is 17.8. The van der Waals surface area contributed by atoms with Gasteiger partial charge in [-0.05, 0) is 43.9 Å². The Morgan fingerprint density at radius 2 is 1.84 bits per heavy atom. The van der Waals surface area contributed by atoms with Crippen LogP contribution in [0.5, 0.6) is 5.75 Å². The van der Waals surface area contributed by atoms with Gasteiger partial charge in [-0.1, -0.05) is 31.4 Å². The lowest BCUT2D eigenvalue weighted by atomic mass is 9.81. The van der Waals surface area contributed by atoms with Crippen molar-refractivity contribution in [3.8, 4) is 5.75 Å². The highest BCUT2D eigenvalue weighted by Gasteiger charge is 2.41. The average Bonchev–Trinajstić information content (AvgIpc) is 2.63. The largest absolute Gasteiger partial charge is 0.550 e. The standard InChI is InChI=1S/C20H27NO4/c1-2-25-16-10-8-14(9-11-16)19-17(20(23)24)12-13-18(22)21(19)15-6-4-3-5-7-15/h8-11,15,17,19H,2-7,12-13H2,1H3,(H,23,24)/p-1/t17-,19+/m0/s1. The van der Waals surface area contributed by atoms with Gasteiger partial charge in [0.25, 0.3) is 0 Å². The van der Waals surface area contributed by atoms with Gasteiger partial charge in [0.15, 0.2) is 0 Å². The molecule has 0 bridgehead atoms. The van der Waals surface area contributed by atoms with E-state index in [-0.39, 0.29) is 11.9 Å². The van der Waals surface area contributed by atoms with Crippen LogP contribution >= 0.6 is 0 Å². The molecule has 25 heavy (non-hydrogen) atoms. The summed E-state index contributed by atoms with van der Waals surface area (Å²) >= 11 is 0. The molecule has 2 atom stereocenters. The molecule has 3 rings (SSSR count). The Bertz CT molecular complexity index is 607. The molecule has 1 aliphatic heterocycles. The fraction of sp³-hybridized carbons (Fsp3) is 0.600. The number of piperidine rings is 1. The fourth-order valence-corrected chi connectivity index (χ4v) is 4.27. The van der Waals surface area contributed by atoms with Crippen LogP contribution in [0.4, 0.5) is 0 Å². The van der Waals surface area contributed by atoms with E-state index in [4.69, 9.17) is 4.74 Å². The van der Waals surface area contributed by atoms with Gasteiger partial charge in [-0.25, -0.2) is 0 Å². The number of hydrogen-bond donors (Lipinski definition) is 0. The Labute approximate surface area is 149 Å². The third kappa shape index (κ3) is 3.80. The molecule has 1 amide bonds. The summed E-state index contributed by atoms with van der Waals surface area (Å²) in [6, 6.07) is 7.18. The number of carboxylic acid groups (broad SMARTS) is 1. The van der Waals surface area contributed by atoms with E-state index < -0.39 is 17.9 Å². The minimum Gasteiger partial charge on any atom is -0.550 e. The van der Waals surface area contributed by atoms with Crippen LogP contribution < -0.4 is 9.84 Å². The van der Waals surface area contributed by atoms with Gasteiger partial charge >= 0.3 is 0 Å². The quantitative estimate of drug-likeness (QED) is 0.823. The number of nitrogens with zero attached hydrogens (tertiary/aromatic N) is 1. The first-order valence-electron chi connectivity index (χ1n) is 9.36. The number of carboxylic acids is 1. The summed E-state index contributed by atoms with van der Waals surface area (Å²) in [6.45, 7) is 2.50. The van der Waals surface area contributed by atoms with Crippen LogP contribution in [0, 0.1) is 5.92 Å². The van der Waals surface area contributed by atoms with E-state index in [1.54, 1.807) is 0 Å². The van der Waals surface area contributed by atoms with E-state index in [1.807, 2.05) is 36.1 Å². The van der Waals surface area contributed by atoms with Gasteiger partial charge in [0.2, 0.25) is 5.91 Å². The van der Waals surface area contributed by atoms with Gasteiger partial charge in [-0.15, -0.1) is 0 Å². The summed E-state index contributed by atoms with van der Waals surface area (Å²) in [5.74, 6) is -0.893. The predicted octanol–water partition coefficient (Wildman–Crippen LogP) is 2.45. The summed E-state index contributed by atoms with van der Waals surface area (Å²) in [5.41, 5.74) is 0.858. The van der Waals surface area contributed by atoms with E-state index in [9.17, 15) is 14.7 Å². The second-order valence-corrected chi connectivity index (χ2v) is 7.00. The first-order chi connectivity index (χ1) is 12.1. The minimum absolute atomic E-state index is 0.0725. The highest BCUT2D eigenvalue weighted by molar-refractivity contribution is 5.81. The highest BCUT2D eigenvalue weighted by atomic mass is 16.5. The van der Waals surface area contributed by atoms with E-state index in [0.29, 0.717) is 19.4 Å². The number of amides is 1. The van der Waals surface area contributed by atoms with Crippen molar-refractivity contribution in [2.45, 2.75) is 64.0 Å². The monoisotopic (exact) mass is 344 g/mol. The van der Waals surface area contributed by atoms with Crippen molar-refractivity contribution in [3.05, 3.63) is 29.8 Å². The molecular weight excluding hydrogens is 318 g/mol. The van der Waals surface area contributed by atoms with Crippen molar-refractivity contribution in [1.29, 1.82) is 0 Å². The molecule has 1 aliphatic carbocycles. The molecular formula is C20H26NO4-. The van der Waals surface area contributed by atoms with Gasteiger partial charge in [0.05, 0.1) is 12.6 Å². The normalized spacial score (nSPS) is 25.0. The molecule has 5 nitrogen and oxygen atoms in total. The summed E-state index contributed by atoms with van der Waals surface area (Å²) in [6.07, 6.45) is 5.94. The second-order valence-electron chi connectivity index (χ2n) is 7.00. The zero-order valence-electron chi connectivity index (χ0n) is 14.8. The summed E-state index contributed by atoms with van der Waals surface area (Å²) in [5, 5.41) is 11.8. The molecule has 1 saturated carbocycles. The van der Waals surface area contributed by atoms with E-state index >= 15 is 0 Å². The van der Waals surface area contributed by atoms with Gasteiger partial charge in [0.1, 0.15) is 5.75 Å². The average molecular weight is 344 g/mol. The number of ether oxygens (including phenoxy) is 1.